The fourth-order valence-corrected chi connectivity index (χ4v) is 4.62. The van der Waals surface area contributed by atoms with Crippen molar-refractivity contribution in [2.75, 3.05) is 24.6 Å². The number of pyridine rings is 1. The highest BCUT2D eigenvalue weighted by Gasteiger charge is 2.29. The first-order valence-electron chi connectivity index (χ1n) is 9.86. The number of fused-ring (bicyclic) bond motifs is 1. The van der Waals surface area contributed by atoms with Gasteiger partial charge in [0, 0.05) is 28.9 Å². The van der Waals surface area contributed by atoms with Crippen LogP contribution in [0.5, 0.6) is 5.75 Å². The summed E-state index contributed by atoms with van der Waals surface area (Å²) in [6.45, 7) is 4.91. The van der Waals surface area contributed by atoms with Gasteiger partial charge in [0.2, 0.25) is 0 Å². The third-order valence-electron chi connectivity index (χ3n) is 5.11. The van der Waals surface area contributed by atoms with E-state index in [-0.39, 0.29) is 17.3 Å². The third-order valence-corrected chi connectivity index (χ3v) is 6.04. The second-order valence-electron chi connectivity index (χ2n) is 8.32. The zero-order chi connectivity index (χ0) is 22.2. The molecule has 0 unspecified atom stereocenters. The number of nitrogens with zero attached hydrogens (tertiary/aromatic N) is 4. The molecule has 0 amide bonds. The number of thiazole rings is 1. The van der Waals surface area contributed by atoms with Crippen molar-refractivity contribution in [2.45, 2.75) is 38.9 Å². The van der Waals surface area contributed by atoms with Crippen LogP contribution in [0.4, 0.5) is 14.5 Å². The second-order valence-corrected chi connectivity index (χ2v) is 9.21. The Kier molecular flexibility index (Phi) is 5.77. The van der Waals surface area contributed by atoms with E-state index in [1.54, 1.807) is 17.4 Å². The van der Waals surface area contributed by atoms with Gasteiger partial charge in [-0.05, 0) is 18.2 Å². The van der Waals surface area contributed by atoms with Crippen LogP contribution in [0, 0.1) is 11.3 Å². The Bertz CT molecular complexity index is 1140. The minimum absolute atomic E-state index is 0.0280. The van der Waals surface area contributed by atoms with Crippen molar-refractivity contribution in [1.82, 2.24) is 9.97 Å². The number of anilines is 1. The molecule has 1 aliphatic rings. The molecule has 1 saturated heterocycles. The first-order valence-corrected chi connectivity index (χ1v) is 10.7. The minimum Gasteiger partial charge on any atom is -0.435 e. The van der Waals surface area contributed by atoms with E-state index >= 15 is 0 Å². The molecule has 31 heavy (non-hydrogen) atoms. The van der Waals surface area contributed by atoms with Gasteiger partial charge in [0.1, 0.15) is 22.9 Å². The summed E-state index contributed by atoms with van der Waals surface area (Å²) in [6, 6.07) is 6.75. The average Bonchev–Trinajstić information content (AvgIpc) is 3.23. The molecule has 2 aromatic heterocycles. The Labute approximate surface area is 183 Å². The predicted octanol–water partition coefficient (Wildman–Crippen LogP) is 5.04. The molecule has 0 N–H and O–H groups in total. The number of alkyl halides is 2. The Morgan fingerprint density at radius 1 is 1.35 bits per heavy atom. The van der Waals surface area contributed by atoms with Crippen LogP contribution in [0.3, 0.4) is 0 Å². The van der Waals surface area contributed by atoms with Crippen molar-refractivity contribution < 1.29 is 18.3 Å². The normalized spacial score (nSPS) is 17.2. The van der Waals surface area contributed by atoms with E-state index in [4.69, 9.17) is 9.72 Å². The number of ether oxygens (including phenoxy) is 2. The monoisotopic (exact) mass is 444 g/mol. The minimum atomic E-state index is -2.93. The second kappa shape index (κ2) is 8.36. The zero-order valence-corrected chi connectivity index (χ0v) is 18.2. The van der Waals surface area contributed by atoms with Gasteiger partial charge in [-0.15, -0.1) is 11.3 Å². The molecule has 0 radical (unpaired) electrons. The van der Waals surface area contributed by atoms with Crippen molar-refractivity contribution in [3.05, 3.63) is 46.0 Å². The predicted molar refractivity (Wildman–Crippen MR) is 115 cm³/mol. The van der Waals surface area contributed by atoms with Gasteiger partial charge in [-0.25, -0.2) is 4.98 Å². The third kappa shape index (κ3) is 4.45. The average molecular weight is 445 g/mol. The molecule has 0 aliphatic carbocycles. The lowest BCUT2D eigenvalue weighted by atomic mass is 9.93. The molecule has 3 aromatic rings. The molecule has 3 heterocycles. The first kappa shape index (κ1) is 21.4. The van der Waals surface area contributed by atoms with Crippen LogP contribution in [0.1, 0.15) is 43.1 Å². The topological polar surface area (TPSA) is 71.3 Å². The quantitative estimate of drug-likeness (QED) is 0.561. The van der Waals surface area contributed by atoms with Gasteiger partial charge in [0.15, 0.2) is 0 Å². The van der Waals surface area contributed by atoms with E-state index in [1.165, 1.54) is 18.3 Å². The number of hydrogen-bond donors (Lipinski definition) is 0. The Morgan fingerprint density at radius 2 is 2.16 bits per heavy atom. The van der Waals surface area contributed by atoms with Gasteiger partial charge in [-0.3, -0.25) is 4.98 Å². The van der Waals surface area contributed by atoms with Crippen LogP contribution in [0.15, 0.2) is 29.8 Å². The fraction of sp³-hybridized carbons (Fsp3) is 0.409. The molecule has 1 atom stereocenters. The van der Waals surface area contributed by atoms with E-state index in [1.807, 2.05) is 10.3 Å². The van der Waals surface area contributed by atoms with E-state index in [0.717, 1.165) is 10.7 Å². The maximum absolute atomic E-state index is 12.7. The van der Waals surface area contributed by atoms with Crippen molar-refractivity contribution in [3.63, 3.8) is 0 Å². The Balaban J connectivity index is 1.71. The summed E-state index contributed by atoms with van der Waals surface area (Å²) in [6.07, 6.45) is 1.27. The highest BCUT2D eigenvalue weighted by atomic mass is 32.1. The number of rotatable bonds is 4. The molecule has 4 rings (SSSR count). The first-order chi connectivity index (χ1) is 14.8. The van der Waals surface area contributed by atoms with Crippen molar-refractivity contribution >= 4 is 27.9 Å². The SMILES string of the molecule is CC(C)(C)c1csc([C@@H]2CN(c3c(C#N)cnc4ccc(OC(F)F)cc34)CCO2)n1. The Morgan fingerprint density at radius 3 is 2.84 bits per heavy atom. The van der Waals surface area contributed by atoms with E-state index in [9.17, 15) is 14.0 Å². The van der Waals surface area contributed by atoms with Crippen LogP contribution in [-0.4, -0.2) is 36.3 Å². The van der Waals surface area contributed by atoms with Gasteiger partial charge < -0.3 is 14.4 Å². The number of nitriles is 1. The fourth-order valence-electron chi connectivity index (χ4n) is 3.54. The molecule has 1 fully saturated rings. The number of morpholine rings is 1. The number of halogens is 2. The molecular formula is C22H22F2N4O2S. The lowest BCUT2D eigenvalue weighted by Crippen LogP contribution is -2.39. The standard InChI is InChI=1S/C22H22F2N4O2S/c1-22(2,3)18-12-31-20(27-18)17-11-28(6-7-29-17)19-13(9-25)10-26-16-5-4-14(8-15(16)19)30-21(23)24/h4-5,8,10,12,17,21H,6-7,11H2,1-3H3/t17-/m0/s1. The smallest absolute Gasteiger partial charge is 0.387 e. The number of aromatic nitrogens is 2. The molecule has 6 nitrogen and oxygen atoms in total. The summed E-state index contributed by atoms with van der Waals surface area (Å²) in [5.41, 5.74) is 2.57. The molecule has 9 heteroatoms. The van der Waals surface area contributed by atoms with Gasteiger partial charge >= 0.3 is 6.61 Å². The van der Waals surface area contributed by atoms with Gasteiger partial charge in [-0.1, -0.05) is 20.8 Å². The maximum atomic E-state index is 12.7. The van der Waals surface area contributed by atoms with Crippen molar-refractivity contribution in [2.24, 2.45) is 0 Å². The molecule has 1 aliphatic heterocycles. The van der Waals surface area contributed by atoms with Crippen LogP contribution in [0.25, 0.3) is 10.9 Å². The highest BCUT2D eigenvalue weighted by molar-refractivity contribution is 7.09. The van der Waals surface area contributed by atoms with Gasteiger partial charge in [-0.2, -0.15) is 14.0 Å². The van der Waals surface area contributed by atoms with Crippen molar-refractivity contribution in [1.29, 1.82) is 5.26 Å². The molecule has 162 valence electrons. The highest BCUT2D eigenvalue weighted by Crippen LogP contribution is 2.36. The molecule has 0 bridgehead atoms. The molecular weight excluding hydrogens is 422 g/mol. The summed E-state index contributed by atoms with van der Waals surface area (Å²) in [4.78, 5) is 11.1. The van der Waals surface area contributed by atoms with Gasteiger partial charge in [0.05, 0.1) is 35.6 Å². The maximum Gasteiger partial charge on any atom is 0.387 e. The summed E-state index contributed by atoms with van der Waals surface area (Å²) < 4.78 is 36.0. The summed E-state index contributed by atoms with van der Waals surface area (Å²) in [7, 11) is 0. The van der Waals surface area contributed by atoms with E-state index in [2.05, 4.69) is 36.6 Å². The lowest BCUT2D eigenvalue weighted by molar-refractivity contribution is -0.0497. The molecule has 0 spiro atoms. The summed E-state index contributed by atoms with van der Waals surface area (Å²) >= 11 is 1.56. The lowest BCUT2D eigenvalue weighted by Gasteiger charge is -2.34. The van der Waals surface area contributed by atoms with E-state index < -0.39 is 6.61 Å². The molecule has 1 aromatic carbocycles. The molecule has 0 saturated carbocycles. The summed E-state index contributed by atoms with van der Waals surface area (Å²) in [5, 5.41) is 13.2. The number of benzene rings is 1. The van der Waals surface area contributed by atoms with E-state index in [0.29, 0.717) is 41.9 Å². The Hall–Kier alpha value is -2.83. The summed E-state index contributed by atoms with van der Waals surface area (Å²) in [5.74, 6) is 0.0280. The van der Waals surface area contributed by atoms with Crippen LogP contribution in [0.2, 0.25) is 0 Å². The van der Waals surface area contributed by atoms with Crippen LogP contribution < -0.4 is 9.64 Å². The van der Waals surface area contributed by atoms with Crippen molar-refractivity contribution in [3.8, 4) is 11.8 Å². The zero-order valence-electron chi connectivity index (χ0n) is 17.4. The van der Waals surface area contributed by atoms with Crippen LogP contribution in [-0.2, 0) is 10.2 Å². The van der Waals surface area contributed by atoms with Crippen LogP contribution >= 0.6 is 11.3 Å². The van der Waals surface area contributed by atoms with Gasteiger partial charge in [0.25, 0.3) is 0 Å². The number of hydrogen-bond acceptors (Lipinski definition) is 7. The largest absolute Gasteiger partial charge is 0.435 e.